The van der Waals surface area contributed by atoms with Crippen molar-refractivity contribution >= 4 is 5.91 Å². The smallest absolute Gasteiger partial charge is 0.222 e. The molecule has 0 radical (unpaired) electrons. The molecule has 2 rings (SSSR count). The average molecular weight is 242 g/mol. The van der Waals surface area contributed by atoms with Crippen LogP contribution in [0.1, 0.15) is 37.3 Å². The molecule has 18 heavy (non-hydrogen) atoms. The first kappa shape index (κ1) is 12.6. The van der Waals surface area contributed by atoms with E-state index in [4.69, 9.17) is 5.26 Å². The SMILES string of the molecule is CC1CCC(=O)N(Cc2cccc(C#N)c2)CC1. The molecule has 1 heterocycles. The van der Waals surface area contributed by atoms with Crippen LogP contribution in [0.15, 0.2) is 24.3 Å². The van der Waals surface area contributed by atoms with E-state index in [0.29, 0.717) is 24.4 Å². The molecular formula is C15H18N2O. The second-order valence-electron chi connectivity index (χ2n) is 5.06. The molecule has 1 aliphatic rings. The summed E-state index contributed by atoms with van der Waals surface area (Å²) in [5, 5.41) is 8.87. The molecule has 0 spiro atoms. The van der Waals surface area contributed by atoms with Gasteiger partial charge in [-0.1, -0.05) is 19.1 Å². The molecule has 3 heteroatoms. The monoisotopic (exact) mass is 242 g/mol. The van der Waals surface area contributed by atoms with Gasteiger partial charge in [-0.25, -0.2) is 0 Å². The predicted octanol–water partition coefficient (Wildman–Crippen LogP) is 2.71. The lowest BCUT2D eigenvalue weighted by molar-refractivity contribution is -0.131. The van der Waals surface area contributed by atoms with Crippen molar-refractivity contribution in [3.63, 3.8) is 0 Å². The first-order chi connectivity index (χ1) is 8.69. The van der Waals surface area contributed by atoms with E-state index in [1.165, 1.54) is 0 Å². The fourth-order valence-corrected chi connectivity index (χ4v) is 2.30. The molecule has 1 unspecified atom stereocenters. The van der Waals surface area contributed by atoms with Gasteiger partial charge in [0.15, 0.2) is 0 Å². The van der Waals surface area contributed by atoms with Gasteiger partial charge in [0, 0.05) is 19.5 Å². The van der Waals surface area contributed by atoms with Gasteiger partial charge in [-0.15, -0.1) is 0 Å². The minimum atomic E-state index is 0.238. The van der Waals surface area contributed by atoms with Crippen LogP contribution in [0.2, 0.25) is 0 Å². The molecule has 0 N–H and O–H groups in total. The van der Waals surface area contributed by atoms with Crippen LogP contribution in [0.3, 0.4) is 0 Å². The van der Waals surface area contributed by atoms with Gasteiger partial charge in [-0.05, 0) is 36.5 Å². The summed E-state index contributed by atoms with van der Waals surface area (Å²) in [6.45, 7) is 3.66. The first-order valence-electron chi connectivity index (χ1n) is 6.46. The summed E-state index contributed by atoms with van der Waals surface area (Å²) >= 11 is 0. The average Bonchev–Trinajstić information content (AvgIpc) is 2.54. The molecule has 1 aromatic rings. The highest BCUT2D eigenvalue weighted by molar-refractivity contribution is 5.76. The third-order valence-electron chi connectivity index (χ3n) is 3.53. The van der Waals surface area contributed by atoms with E-state index in [1.54, 1.807) is 6.07 Å². The Morgan fingerprint density at radius 2 is 2.28 bits per heavy atom. The van der Waals surface area contributed by atoms with Crippen LogP contribution in [-0.4, -0.2) is 17.4 Å². The van der Waals surface area contributed by atoms with E-state index in [9.17, 15) is 4.79 Å². The van der Waals surface area contributed by atoms with Gasteiger partial charge in [0.1, 0.15) is 0 Å². The minimum Gasteiger partial charge on any atom is -0.338 e. The molecule has 0 saturated carbocycles. The molecule has 0 bridgehead atoms. The Hall–Kier alpha value is -1.82. The van der Waals surface area contributed by atoms with Crippen LogP contribution in [0, 0.1) is 17.2 Å². The molecular weight excluding hydrogens is 224 g/mol. The van der Waals surface area contributed by atoms with Crippen molar-refractivity contribution in [2.24, 2.45) is 5.92 Å². The molecule has 94 valence electrons. The quantitative estimate of drug-likeness (QED) is 0.800. The molecule has 0 aromatic heterocycles. The lowest BCUT2D eigenvalue weighted by Crippen LogP contribution is -2.29. The number of likely N-dealkylation sites (tertiary alicyclic amines) is 1. The van der Waals surface area contributed by atoms with Gasteiger partial charge in [0.2, 0.25) is 5.91 Å². The van der Waals surface area contributed by atoms with Crippen LogP contribution in [0.25, 0.3) is 0 Å². The summed E-state index contributed by atoms with van der Waals surface area (Å²) in [6.07, 6.45) is 2.72. The van der Waals surface area contributed by atoms with Gasteiger partial charge in [-0.2, -0.15) is 5.26 Å². The normalized spacial score (nSPS) is 20.3. The van der Waals surface area contributed by atoms with E-state index in [-0.39, 0.29) is 5.91 Å². The van der Waals surface area contributed by atoms with E-state index < -0.39 is 0 Å². The second kappa shape index (κ2) is 5.68. The number of nitrogens with zero attached hydrogens (tertiary/aromatic N) is 2. The topological polar surface area (TPSA) is 44.1 Å². The zero-order valence-electron chi connectivity index (χ0n) is 10.7. The largest absolute Gasteiger partial charge is 0.338 e. The van der Waals surface area contributed by atoms with Crippen molar-refractivity contribution in [1.82, 2.24) is 4.90 Å². The van der Waals surface area contributed by atoms with Crippen molar-refractivity contribution in [2.75, 3.05) is 6.54 Å². The molecule has 1 saturated heterocycles. The number of hydrogen-bond acceptors (Lipinski definition) is 2. The highest BCUT2D eigenvalue weighted by atomic mass is 16.2. The Morgan fingerprint density at radius 1 is 1.44 bits per heavy atom. The predicted molar refractivity (Wildman–Crippen MR) is 69.6 cm³/mol. The fourth-order valence-electron chi connectivity index (χ4n) is 2.30. The van der Waals surface area contributed by atoms with Crippen LogP contribution in [-0.2, 0) is 11.3 Å². The molecule has 3 nitrogen and oxygen atoms in total. The van der Waals surface area contributed by atoms with Crippen molar-refractivity contribution in [3.05, 3.63) is 35.4 Å². The first-order valence-corrected chi connectivity index (χ1v) is 6.46. The Bertz CT molecular complexity index is 476. The minimum absolute atomic E-state index is 0.238. The highest BCUT2D eigenvalue weighted by Crippen LogP contribution is 2.19. The van der Waals surface area contributed by atoms with E-state index in [2.05, 4.69) is 13.0 Å². The maximum absolute atomic E-state index is 12.0. The van der Waals surface area contributed by atoms with Gasteiger partial charge in [-0.3, -0.25) is 4.79 Å². The van der Waals surface area contributed by atoms with Crippen molar-refractivity contribution in [2.45, 2.75) is 32.7 Å². The van der Waals surface area contributed by atoms with Crippen LogP contribution in [0.4, 0.5) is 0 Å². The van der Waals surface area contributed by atoms with Gasteiger partial charge in [0.05, 0.1) is 11.6 Å². The Balaban J connectivity index is 2.07. The number of hydrogen-bond donors (Lipinski definition) is 0. The zero-order valence-corrected chi connectivity index (χ0v) is 10.7. The highest BCUT2D eigenvalue weighted by Gasteiger charge is 2.20. The van der Waals surface area contributed by atoms with Crippen molar-refractivity contribution < 1.29 is 4.79 Å². The molecule has 1 amide bonds. The number of benzene rings is 1. The second-order valence-corrected chi connectivity index (χ2v) is 5.06. The maximum atomic E-state index is 12.0. The molecule has 1 aromatic carbocycles. The van der Waals surface area contributed by atoms with Gasteiger partial charge < -0.3 is 4.90 Å². The maximum Gasteiger partial charge on any atom is 0.222 e. The third-order valence-corrected chi connectivity index (χ3v) is 3.53. The molecule has 1 fully saturated rings. The molecule has 1 atom stereocenters. The summed E-state index contributed by atoms with van der Waals surface area (Å²) in [5.74, 6) is 0.867. The third kappa shape index (κ3) is 3.10. The van der Waals surface area contributed by atoms with Gasteiger partial charge in [0.25, 0.3) is 0 Å². The number of nitriles is 1. The lowest BCUT2D eigenvalue weighted by atomic mass is 10.0. The fraction of sp³-hybridized carbons (Fsp3) is 0.467. The summed E-state index contributed by atoms with van der Waals surface area (Å²) in [4.78, 5) is 13.9. The molecule has 1 aliphatic heterocycles. The van der Waals surface area contributed by atoms with Crippen molar-refractivity contribution in [3.8, 4) is 6.07 Å². The summed E-state index contributed by atoms with van der Waals surface area (Å²) in [7, 11) is 0. The Labute approximate surface area is 108 Å². The molecule has 0 aliphatic carbocycles. The standard InChI is InChI=1S/C15H18N2O/c1-12-5-6-15(18)17(8-7-12)11-14-4-2-3-13(9-14)10-16/h2-4,9,12H,5-8,11H2,1H3. The number of carbonyl (C=O) groups excluding carboxylic acids is 1. The number of carbonyl (C=O) groups is 1. The van der Waals surface area contributed by atoms with E-state index in [0.717, 1.165) is 24.9 Å². The lowest BCUT2D eigenvalue weighted by Gasteiger charge is -2.20. The van der Waals surface area contributed by atoms with Gasteiger partial charge >= 0.3 is 0 Å². The van der Waals surface area contributed by atoms with Crippen LogP contribution >= 0.6 is 0 Å². The Kier molecular flexibility index (Phi) is 3.99. The number of rotatable bonds is 2. The summed E-state index contributed by atoms with van der Waals surface area (Å²) in [6, 6.07) is 9.63. The summed E-state index contributed by atoms with van der Waals surface area (Å²) in [5.41, 5.74) is 1.69. The van der Waals surface area contributed by atoms with Crippen LogP contribution < -0.4 is 0 Å². The summed E-state index contributed by atoms with van der Waals surface area (Å²) < 4.78 is 0. The van der Waals surface area contributed by atoms with Crippen molar-refractivity contribution in [1.29, 1.82) is 5.26 Å². The zero-order chi connectivity index (χ0) is 13.0. The Morgan fingerprint density at radius 3 is 3.06 bits per heavy atom. The number of amides is 1. The van der Waals surface area contributed by atoms with Crippen LogP contribution in [0.5, 0.6) is 0 Å². The van der Waals surface area contributed by atoms with E-state index >= 15 is 0 Å². The van der Waals surface area contributed by atoms with E-state index in [1.807, 2.05) is 23.1 Å².